The van der Waals surface area contributed by atoms with Crippen LogP contribution in [0.3, 0.4) is 0 Å². The number of piperidine rings is 1. The second-order valence-electron chi connectivity index (χ2n) is 8.94. The van der Waals surface area contributed by atoms with Crippen LogP contribution in [0.1, 0.15) is 40.0 Å². The van der Waals surface area contributed by atoms with E-state index in [0.29, 0.717) is 23.8 Å². The van der Waals surface area contributed by atoms with Crippen LogP contribution >= 0.6 is 27.5 Å². The summed E-state index contributed by atoms with van der Waals surface area (Å²) in [6.45, 7) is 6.95. The molecular formula is C23H27BrClN5O2. The van der Waals surface area contributed by atoms with E-state index in [0.717, 1.165) is 40.8 Å². The Labute approximate surface area is 201 Å². The third-order valence-electron chi connectivity index (χ3n) is 5.35. The normalized spacial score (nSPS) is 16.9. The molecule has 1 aromatic carbocycles. The van der Waals surface area contributed by atoms with Gasteiger partial charge in [-0.15, -0.1) is 0 Å². The molecule has 0 spiro atoms. The lowest BCUT2D eigenvalue weighted by atomic mass is 10.0. The second kappa shape index (κ2) is 9.27. The Kier molecular flexibility index (Phi) is 6.62. The first kappa shape index (κ1) is 22.9. The van der Waals surface area contributed by atoms with Crippen LogP contribution in [-0.2, 0) is 4.74 Å². The van der Waals surface area contributed by atoms with Crippen LogP contribution < -0.4 is 5.32 Å². The van der Waals surface area contributed by atoms with Crippen LogP contribution in [0.2, 0.25) is 5.02 Å². The third kappa shape index (κ3) is 5.02. The average Bonchev–Trinajstić information content (AvgIpc) is 3.12. The van der Waals surface area contributed by atoms with Crippen molar-refractivity contribution in [3.63, 3.8) is 0 Å². The maximum atomic E-state index is 12.8. The minimum absolute atomic E-state index is 0.0320. The van der Waals surface area contributed by atoms with Gasteiger partial charge in [-0.05, 0) is 62.0 Å². The Morgan fingerprint density at radius 3 is 2.84 bits per heavy atom. The zero-order valence-corrected chi connectivity index (χ0v) is 20.8. The van der Waals surface area contributed by atoms with Gasteiger partial charge in [-0.3, -0.25) is 0 Å². The lowest BCUT2D eigenvalue weighted by Gasteiger charge is -2.37. The molecule has 1 N–H and O–H groups in total. The van der Waals surface area contributed by atoms with Gasteiger partial charge in [0.05, 0.1) is 22.4 Å². The Morgan fingerprint density at radius 2 is 2.09 bits per heavy atom. The maximum Gasteiger partial charge on any atom is 0.410 e. The highest BCUT2D eigenvalue weighted by atomic mass is 79.9. The van der Waals surface area contributed by atoms with E-state index in [1.807, 2.05) is 56.0 Å². The summed E-state index contributed by atoms with van der Waals surface area (Å²) < 4.78 is 8.18. The number of carbonyl (C=O) groups excluding carboxylic acids is 1. The number of fused-ring (bicyclic) bond motifs is 1. The first-order valence-corrected chi connectivity index (χ1v) is 11.9. The van der Waals surface area contributed by atoms with Crippen molar-refractivity contribution in [2.75, 3.05) is 18.4 Å². The van der Waals surface area contributed by atoms with E-state index in [9.17, 15) is 4.79 Å². The number of aromatic nitrogens is 3. The van der Waals surface area contributed by atoms with Crippen LogP contribution in [0.15, 0.2) is 41.0 Å². The van der Waals surface area contributed by atoms with E-state index in [2.05, 4.69) is 26.3 Å². The van der Waals surface area contributed by atoms with E-state index in [4.69, 9.17) is 21.3 Å². The zero-order valence-electron chi connectivity index (χ0n) is 18.4. The number of likely N-dealkylation sites (tertiary alicyclic amines) is 1. The summed E-state index contributed by atoms with van der Waals surface area (Å²) in [6.07, 6.45) is 4.44. The first-order chi connectivity index (χ1) is 15.2. The van der Waals surface area contributed by atoms with Crippen molar-refractivity contribution in [1.82, 2.24) is 19.5 Å². The van der Waals surface area contributed by atoms with Gasteiger partial charge in [0.25, 0.3) is 0 Å². The molecule has 1 aliphatic heterocycles. The Balaban J connectivity index is 1.61. The highest BCUT2D eigenvalue weighted by Gasteiger charge is 2.30. The Morgan fingerprint density at radius 1 is 1.31 bits per heavy atom. The van der Waals surface area contributed by atoms with Gasteiger partial charge < -0.3 is 15.0 Å². The van der Waals surface area contributed by atoms with Crippen LogP contribution in [0.25, 0.3) is 16.9 Å². The highest BCUT2D eigenvalue weighted by molar-refractivity contribution is 9.10. The smallest absolute Gasteiger partial charge is 0.410 e. The molecule has 1 fully saturated rings. The topological polar surface area (TPSA) is 71.8 Å². The van der Waals surface area contributed by atoms with Crippen LogP contribution in [0.5, 0.6) is 0 Å². The number of anilines is 1. The van der Waals surface area contributed by atoms with Crippen LogP contribution in [0, 0.1) is 0 Å². The molecule has 3 heterocycles. The van der Waals surface area contributed by atoms with Crippen LogP contribution in [0.4, 0.5) is 10.6 Å². The molecule has 0 saturated carbocycles. The molecule has 9 heteroatoms. The van der Waals surface area contributed by atoms with Crippen LogP contribution in [-0.4, -0.2) is 50.3 Å². The predicted octanol–water partition coefficient (Wildman–Crippen LogP) is 6.01. The fourth-order valence-electron chi connectivity index (χ4n) is 3.86. The number of hydrogen-bond acceptors (Lipinski definition) is 5. The third-order valence-corrected chi connectivity index (χ3v) is 6.24. The number of ether oxygens (including phenoxy) is 1. The molecule has 2 aromatic heterocycles. The van der Waals surface area contributed by atoms with Crippen molar-refractivity contribution in [1.29, 1.82) is 0 Å². The summed E-state index contributed by atoms with van der Waals surface area (Å²) in [5.41, 5.74) is 1.77. The summed E-state index contributed by atoms with van der Waals surface area (Å²) in [5.74, 6) is 0.783. The number of nitrogens with one attached hydrogen (secondary N) is 1. The van der Waals surface area contributed by atoms with Crippen molar-refractivity contribution in [3.8, 4) is 11.3 Å². The molecule has 32 heavy (non-hydrogen) atoms. The molecule has 1 unspecified atom stereocenters. The number of rotatable bonds is 4. The van der Waals surface area contributed by atoms with Crippen molar-refractivity contribution >= 4 is 45.1 Å². The molecule has 0 bridgehead atoms. The van der Waals surface area contributed by atoms with Crippen molar-refractivity contribution in [3.05, 3.63) is 46.0 Å². The standard InChI is InChI=1S/C23H27BrClN5O2/c1-23(2,3)32-22(31)29-11-7-6-8-15(29)13-26-20-12-19(16-9-4-5-10-18(16)25)28-21-17(24)14-27-30(20)21/h4-5,9-10,12,14-15,26H,6-8,11,13H2,1-3H3. The number of amides is 1. The summed E-state index contributed by atoms with van der Waals surface area (Å²) in [7, 11) is 0. The number of halogens is 2. The van der Waals surface area contributed by atoms with E-state index in [1.165, 1.54) is 0 Å². The predicted molar refractivity (Wildman–Crippen MR) is 130 cm³/mol. The monoisotopic (exact) mass is 519 g/mol. The lowest BCUT2D eigenvalue weighted by molar-refractivity contribution is 0.0114. The van der Waals surface area contributed by atoms with Gasteiger partial charge in [0.2, 0.25) is 0 Å². The molecule has 1 amide bonds. The minimum atomic E-state index is -0.519. The molecule has 1 saturated heterocycles. The Hall–Kier alpha value is -2.32. The van der Waals surface area contributed by atoms with Gasteiger partial charge in [-0.25, -0.2) is 9.78 Å². The van der Waals surface area contributed by atoms with Crippen molar-refractivity contribution in [2.45, 2.75) is 51.7 Å². The molecule has 7 nitrogen and oxygen atoms in total. The van der Waals surface area contributed by atoms with Gasteiger partial charge in [0, 0.05) is 29.7 Å². The number of carbonyl (C=O) groups is 1. The Bertz CT molecular complexity index is 1130. The average molecular weight is 521 g/mol. The molecule has 0 radical (unpaired) electrons. The van der Waals surface area contributed by atoms with E-state index in [-0.39, 0.29) is 12.1 Å². The van der Waals surface area contributed by atoms with E-state index in [1.54, 1.807) is 10.7 Å². The molecule has 4 rings (SSSR count). The van der Waals surface area contributed by atoms with Crippen molar-refractivity contribution in [2.24, 2.45) is 0 Å². The molecule has 0 aliphatic carbocycles. The minimum Gasteiger partial charge on any atom is -0.444 e. The quantitative estimate of drug-likeness (QED) is 0.456. The van der Waals surface area contributed by atoms with Crippen molar-refractivity contribution < 1.29 is 9.53 Å². The molecule has 1 atom stereocenters. The molecule has 3 aromatic rings. The second-order valence-corrected chi connectivity index (χ2v) is 10.2. The first-order valence-electron chi connectivity index (χ1n) is 10.8. The number of benzene rings is 1. The summed E-state index contributed by atoms with van der Waals surface area (Å²) in [4.78, 5) is 19.3. The van der Waals surface area contributed by atoms with Gasteiger partial charge in [-0.2, -0.15) is 9.61 Å². The van der Waals surface area contributed by atoms with E-state index < -0.39 is 5.60 Å². The van der Waals surface area contributed by atoms with Gasteiger partial charge in [0.15, 0.2) is 5.65 Å². The highest BCUT2D eigenvalue weighted by Crippen LogP contribution is 2.30. The van der Waals surface area contributed by atoms with Gasteiger partial charge in [-0.1, -0.05) is 29.8 Å². The summed E-state index contributed by atoms with van der Waals surface area (Å²) >= 11 is 9.96. The zero-order chi connectivity index (χ0) is 22.9. The number of hydrogen-bond donors (Lipinski definition) is 1. The fourth-order valence-corrected chi connectivity index (χ4v) is 4.45. The largest absolute Gasteiger partial charge is 0.444 e. The fraction of sp³-hybridized carbons (Fsp3) is 0.435. The molecule has 170 valence electrons. The summed E-state index contributed by atoms with van der Waals surface area (Å²) in [5, 5.41) is 8.58. The molecular weight excluding hydrogens is 494 g/mol. The molecule has 1 aliphatic rings. The lowest BCUT2D eigenvalue weighted by Crippen LogP contribution is -2.49. The maximum absolute atomic E-state index is 12.8. The van der Waals surface area contributed by atoms with Gasteiger partial charge >= 0.3 is 6.09 Å². The van der Waals surface area contributed by atoms with E-state index >= 15 is 0 Å². The number of nitrogens with zero attached hydrogens (tertiary/aromatic N) is 4. The van der Waals surface area contributed by atoms with Gasteiger partial charge in [0.1, 0.15) is 11.4 Å². The summed E-state index contributed by atoms with van der Waals surface area (Å²) in [6, 6.07) is 9.60. The SMILES string of the molecule is CC(C)(C)OC(=O)N1CCCCC1CNc1cc(-c2ccccc2Cl)nc2c(Br)cnn12.